The van der Waals surface area contributed by atoms with Crippen LogP contribution < -0.4 is 5.32 Å². The average molecular weight is 598 g/mol. The van der Waals surface area contributed by atoms with Crippen molar-refractivity contribution < 1.29 is 9.59 Å². The van der Waals surface area contributed by atoms with Gasteiger partial charge in [0.25, 0.3) is 0 Å². The van der Waals surface area contributed by atoms with Crippen LogP contribution in [0.1, 0.15) is 30.0 Å². The van der Waals surface area contributed by atoms with Crippen molar-refractivity contribution >= 4 is 70.0 Å². The molecule has 1 atom stereocenters. The van der Waals surface area contributed by atoms with Crippen molar-refractivity contribution in [2.75, 3.05) is 12.3 Å². The Morgan fingerprint density at radius 3 is 2.08 bits per heavy atom. The molecule has 0 spiro atoms. The van der Waals surface area contributed by atoms with E-state index >= 15 is 0 Å². The van der Waals surface area contributed by atoms with E-state index in [-0.39, 0.29) is 24.1 Å². The van der Waals surface area contributed by atoms with Gasteiger partial charge in [0.15, 0.2) is 0 Å². The molecule has 0 aromatic heterocycles. The number of hydrogen-bond acceptors (Lipinski definition) is 3. The molecule has 9 heteroatoms. The number of rotatable bonds is 12. The summed E-state index contributed by atoms with van der Waals surface area (Å²) in [5.41, 5.74) is 2.72. The average Bonchev–Trinajstić information content (AvgIpc) is 2.89. The summed E-state index contributed by atoms with van der Waals surface area (Å²) in [4.78, 5) is 28.6. The number of carbonyl (C=O) groups excluding carboxylic acids is 2. The van der Waals surface area contributed by atoms with Crippen LogP contribution >= 0.6 is 58.2 Å². The quantitative estimate of drug-likeness (QED) is 0.233. The van der Waals surface area contributed by atoms with Crippen LogP contribution in [0.5, 0.6) is 0 Å². The van der Waals surface area contributed by atoms with E-state index in [0.717, 1.165) is 23.1 Å². The van der Waals surface area contributed by atoms with Gasteiger partial charge in [0, 0.05) is 25.3 Å². The molecule has 0 aliphatic rings. The highest BCUT2D eigenvalue weighted by atomic mass is 35.5. The van der Waals surface area contributed by atoms with Crippen molar-refractivity contribution in [2.45, 2.75) is 38.1 Å². The summed E-state index contributed by atoms with van der Waals surface area (Å²) in [5, 5.41) is 4.77. The number of nitrogens with zero attached hydrogens (tertiary/aromatic N) is 1. The molecule has 37 heavy (non-hydrogen) atoms. The molecule has 0 saturated carbocycles. The highest BCUT2D eigenvalue weighted by Crippen LogP contribution is 2.26. The highest BCUT2D eigenvalue weighted by molar-refractivity contribution is 7.99. The van der Waals surface area contributed by atoms with Gasteiger partial charge in [0.05, 0.1) is 25.8 Å². The standard InChI is InChI=1S/C28H28Cl4N2O2S/c1-2-12-33-28(36)26(15-19-6-4-3-5-7-19)34(16-20-8-10-22(29)24(31)13-20)27(35)18-37-17-21-9-11-23(30)25(32)14-21/h3-11,13-14,26H,2,12,15-18H2,1H3,(H,33,36)/t26-/m0/s1. The normalized spacial score (nSPS) is 11.7. The SMILES string of the molecule is CCCNC(=O)[C@H](Cc1ccccc1)N(Cc1ccc(Cl)c(Cl)c1)C(=O)CSCc1ccc(Cl)c(Cl)c1. The maximum atomic E-state index is 13.6. The lowest BCUT2D eigenvalue weighted by Gasteiger charge is -2.31. The van der Waals surface area contributed by atoms with Crippen molar-refractivity contribution in [2.24, 2.45) is 0 Å². The highest BCUT2D eigenvalue weighted by Gasteiger charge is 2.30. The monoisotopic (exact) mass is 596 g/mol. The minimum absolute atomic E-state index is 0.149. The zero-order valence-corrected chi connectivity index (χ0v) is 24.2. The topological polar surface area (TPSA) is 49.4 Å². The Hall–Kier alpha value is -1.89. The summed E-state index contributed by atoms with van der Waals surface area (Å²) in [5.74, 6) is 0.431. The number of nitrogens with one attached hydrogen (secondary N) is 1. The fourth-order valence-electron chi connectivity index (χ4n) is 3.72. The Morgan fingerprint density at radius 1 is 0.838 bits per heavy atom. The van der Waals surface area contributed by atoms with Gasteiger partial charge in [-0.1, -0.05) is 95.8 Å². The number of amides is 2. The number of thioether (sulfide) groups is 1. The molecule has 0 heterocycles. The van der Waals surface area contributed by atoms with Gasteiger partial charge in [-0.25, -0.2) is 0 Å². The largest absolute Gasteiger partial charge is 0.354 e. The Bertz CT molecular complexity index is 1210. The summed E-state index contributed by atoms with van der Waals surface area (Å²) >= 11 is 26.0. The van der Waals surface area contributed by atoms with Crippen LogP contribution in [0.3, 0.4) is 0 Å². The molecule has 196 valence electrons. The lowest BCUT2D eigenvalue weighted by molar-refractivity contribution is -0.139. The van der Waals surface area contributed by atoms with Gasteiger partial charge in [0.1, 0.15) is 6.04 Å². The van der Waals surface area contributed by atoms with Gasteiger partial charge < -0.3 is 10.2 Å². The van der Waals surface area contributed by atoms with E-state index in [1.165, 1.54) is 11.8 Å². The predicted octanol–water partition coefficient (Wildman–Crippen LogP) is 7.70. The van der Waals surface area contributed by atoms with Gasteiger partial charge in [-0.05, 0) is 47.4 Å². The van der Waals surface area contributed by atoms with Crippen LogP contribution in [-0.2, 0) is 28.3 Å². The van der Waals surface area contributed by atoms with Crippen LogP contribution in [0, 0.1) is 0 Å². The predicted molar refractivity (Wildman–Crippen MR) is 157 cm³/mol. The molecular weight excluding hydrogens is 570 g/mol. The molecule has 4 nitrogen and oxygen atoms in total. The number of hydrogen-bond donors (Lipinski definition) is 1. The van der Waals surface area contributed by atoms with E-state index in [1.54, 1.807) is 29.2 Å². The lowest BCUT2D eigenvalue weighted by Crippen LogP contribution is -2.51. The third kappa shape index (κ3) is 9.12. The molecule has 1 N–H and O–H groups in total. The third-order valence-electron chi connectivity index (χ3n) is 5.64. The molecule has 0 aliphatic carbocycles. The summed E-state index contributed by atoms with van der Waals surface area (Å²) < 4.78 is 0. The fourth-order valence-corrected chi connectivity index (χ4v) is 5.22. The fraction of sp³-hybridized carbons (Fsp3) is 0.286. The molecule has 0 saturated heterocycles. The van der Waals surface area contributed by atoms with Gasteiger partial charge in [-0.2, -0.15) is 0 Å². The number of benzene rings is 3. The van der Waals surface area contributed by atoms with Crippen LogP contribution in [0.2, 0.25) is 20.1 Å². The van der Waals surface area contributed by atoms with Gasteiger partial charge in [-0.15, -0.1) is 11.8 Å². The molecule has 0 bridgehead atoms. The van der Waals surface area contributed by atoms with Gasteiger partial charge in [-0.3, -0.25) is 9.59 Å². The maximum Gasteiger partial charge on any atom is 0.243 e. The zero-order chi connectivity index (χ0) is 26.8. The Kier molecular flexibility index (Phi) is 11.9. The second-order valence-corrected chi connectivity index (χ2v) is 11.1. The van der Waals surface area contributed by atoms with E-state index < -0.39 is 6.04 Å². The van der Waals surface area contributed by atoms with Crippen LogP contribution in [0.15, 0.2) is 66.7 Å². The molecule has 3 aromatic rings. The zero-order valence-electron chi connectivity index (χ0n) is 20.4. The molecular formula is C28H28Cl4N2O2S. The molecule has 0 fully saturated rings. The first-order valence-corrected chi connectivity index (χ1v) is 14.5. The van der Waals surface area contributed by atoms with Crippen LogP contribution in [-0.4, -0.2) is 35.1 Å². The summed E-state index contributed by atoms with van der Waals surface area (Å²) in [6.07, 6.45) is 1.19. The minimum atomic E-state index is -0.693. The smallest absolute Gasteiger partial charge is 0.243 e. The van der Waals surface area contributed by atoms with E-state index in [2.05, 4.69) is 5.32 Å². The molecule has 0 aliphatic heterocycles. The molecule has 3 rings (SSSR count). The van der Waals surface area contributed by atoms with E-state index in [9.17, 15) is 9.59 Å². The molecule has 0 radical (unpaired) electrons. The van der Waals surface area contributed by atoms with Crippen molar-refractivity contribution in [3.63, 3.8) is 0 Å². The summed E-state index contributed by atoms with van der Waals surface area (Å²) in [6, 6.07) is 19.7. The van der Waals surface area contributed by atoms with Gasteiger partial charge >= 0.3 is 0 Å². The second-order valence-electron chi connectivity index (χ2n) is 8.51. The Balaban J connectivity index is 1.85. The lowest BCUT2D eigenvalue weighted by atomic mass is 10.0. The van der Waals surface area contributed by atoms with Crippen molar-refractivity contribution in [3.8, 4) is 0 Å². The molecule has 2 amide bonds. The van der Waals surface area contributed by atoms with E-state index in [4.69, 9.17) is 46.4 Å². The second kappa shape index (κ2) is 14.9. The number of halogens is 4. The Morgan fingerprint density at radius 2 is 1.46 bits per heavy atom. The first-order chi connectivity index (χ1) is 17.8. The molecule has 0 unspecified atom stereocenters. The summed E-state index contributed by atoms with van der Waals surface area (Å²) in [6.45, 7) is 2.75. The van der Waals surface area contributed by atoms with E-state index in [1.807, 2.05) is 49.4 Å². The first kappa shape index (κ1) is 29.7. The summed E-state index contributed by atoms with van der Waals surface area (Å²) in [7, 11) is 0. The van der Waals surface area contributed by atoms with Crippen molar-refractivity contribution in [1.29, 1.82) is 0 Å². The first-order valence-electron chi connectivity index (χ1n) is 11.8. The van der Waals surface area contributed by atoms with Crippen molar-refractivity contribution in [3.05, 3.63) is 104 Å². The van der Waals surface area contributed by atoms with Crippen molar-refractivity contribution in [1.82, 2.24) is 10.2 Å². The van der Waals surface area contributed by atoms with Crippen LogP contribution in [0.4, 0.5) is 0 Å². The van der Waals surface area contributed by atoms with Gasteiger partial charge in [0.2, 0.25) is 11.8 Å². The maximum absolute atomic E-state index is 13.6. The molecule has 3 aromatic carbocycles. The third-order valence-corrected chi connectivity index (χ3v) is 8.10. The minimum Gasteiger partial charge on any atom is -0.354 e. The van der Waals surface area contributed by atoms with Crippen LogP contribution in [0.25, 0.3) is 0 Å². The number of carbonyl (C=O) groups is 2. The van der Waals surface area contributed by atoms with E-state index in [0.29, 0.717) is 38.8 Å². The Labute approximate surface area is 242 Å².